The molecule has 0 spiro atoms. The first kappa shape index (κ1) is 11.9. The zero-order valence-corrected chi connectivity index (χ0v) is 9.12. The minimum atomic E-state index is -0.320. The van der Waals surface area contributed by atoms with Crippen molar-refractivity contribution in [1.29, 1.82) is 0 Å². The molecule has 0 saturated carbocycles. The van der Waals surface area contributed by atoms with Gasteiger partial charge in [-0.3, -0.25) is 4.79 Å². The van der Waals surface area contributed by atoms with Crippen LogP contribution in [0.2, 0.25) is 0 Å². The zero-order valence-electron chi connectivity index (χ0n) is 9.12. The average Bonchev–Trinajstić information content (AvgIpc) is 2.26. The van der Waals surface area contributed by atoms with Crippen LogP contribution >= 0.6 is 0 Å². The van der Waals surface area contributed by atoms with Gasteiger partial charge in [-0.15, -0.1) is 6.42 Å². The summed E-state index contributed by atoms with van der Waals surface area (Å²) in [5, 5.41) is 2.55. The van der Waals surface area contributed by atoms with E-state index in [0.29, 0.717) is 23.6 Å². The number of hydrogen-bond acceptors (Lipinski definition) is 3. The Hall–Kier alpha value is -2.15. The topological polar surface area (TPSA) is 64.4 Å². The number of amides is 1. The molecule has 0 aliphatic carbocycles. The molecule has 0 aromatic heterocycles. The Labute approximate surface area is 94.8 Å². The van der Waals surface area contributed by atoms with E-state index in [-0.39, 0.29) is 12.5 Å². The summed E-state index contributed by atoms with van der Waals surface area (Å²) in [5.74, 6) is 2.48. The SMILES string of the molecule is C#CCNC(=O)c1c(N)cccc1OCC. The van der Waals surface area contributed by atoms with Gasteiger partial charge in [0.1, 0.15) is 11.3 Å². The number of anilines is 1. The van der Waals surface area contributed by atoms with Gasteiger partial charge in [0.05, 0.1) is 13.2 Å². The minimum Gasteiger partial charge on any atom is -0.493 e. The van der Waals surface area contributed by atoms with Gasteiger partial charge in [-0.25, -0.2) is 0 Å². The third-order valence-electron chi connectivity index (χ3n) is 1.94. The molecular weight excluding hydrogens is 204 g/mol. The highest BCUT2D eigenvalue weighted by Crippen LogP contribution is 2.24. The smallest absolute Gasteiger partial charge is 0.257 e. The van der Waals surface area contributed by atoms with E-state index in [1.54, 1.807) is 18.2 Å². The van der Waals surface area contributed by atoms with Crippen molar-refractivity contribution in [2.75, 3.05) is 18.9 Å². The van der Waals surface area contributed by atoms with Gasteiger partial charge in [-0.05, 0) is 19.1 Å². The molecule has 0 radical (unpaired) electrons. The largest absolute Gasteiger partial charge is 0.493 e. The molecule has 0 bridgehead atoms. The van der Waals surface area contributed by atoms with Gasteiger partial charge in [-0.2, -0.15) is 0 Å². The highest BCUT2D eigenvalue weighted by Gasteiger charge is 2.14. The van der Waals surface area contributed by atoms with E-state index in [1.165, 1.54) is 0 Å². The summed E-state index contributed by atoms with van der Waals surface area (Å²) in [6, 6.07) is 5.08. The number of nitrogen functional groups attached to an aromatic ring is 1. The molecule has 0 saturated heterocycles. The molecule has 0 heterocycles. The lowest BCUT2D eigenvalue weighted by Gasteiger charge is -2.11. The fourth-order valence-electron chi connectivity index (χ4n) is 1.29. The fourth-order valence-corrected chi connectivity index (χ4v) is 1.29. The van der Waals surface area contributed by atoms with Crippen LogP contribution in [-0.4, -0.2) is 19.1 Å². The summed E-state index contributed by atoms with van der Waals surface area (Å²) in [6.45, 7) is 2.48. The number of benzene rings is 1. The van der Waals surface area contributed by atoms with E-state index in [4.69, 9.17) is 16.9 Å². The van der Waals surface area contributed by atoms with Crippen molar-refractivity contribution >= 4 is 11.6 Å². The van der Waals surface area contributed by atoms with Gasteiger partial charge >= 0.3 is 0 Å². The molecule has 0 atom stereocenters. The van der Waals surface area contributed by atoms with E-state index in [0.717, 1.165) is 0 Å². The quantitative estimate of drug-likeness (QED) is 0.586. The normalized spacial score (nSPS) is 9.25. The maximum Gasteiger partial charge on any atom is 0.257 e. The van der Waals surface area contributed by atoms with Crippen LogP contribution in [0.4, 0.5) is 5.69 Å². The maximum absolute atomic E-state index is 11.8. The summed E-state index contributed by atoms with van der Waals surface area (Å²) >= 11 is 0. The number of carbonyl (C=O) groups is 1. The minimum absolute atomic E-state index is 0.165. The van der Waals surface area contributed by atoms with Crippen LogP contribution in [0.5, 0.6) is 5.75 Å². The van der Waals surface area contributed by atoms with E-state index < -0.39 is 0 Å². The van der Waals surface area contributed by atoms with E-state index in [9.17, 15) is 4.79 Å². The molecule has 3 N–H and O–H groups in total. The highest BCUT2D eigenvalue weighted by atomic mass is 16.5. The van der Waals surface area contributed by atoms with Crippen LogP contribution in [0, 0.1) is 12.3 Å². The number of terminal acetylenes is 1. The van der Waals surface area contributed by atoms with Gasteiger partial charge in [0.25, 0.3) is 5.91 Å². The second-order valence-electron chi connectivity index (χ2n) is 3.04. The summed E-state index contributed by atoms with van der Waals surface area (Å²) in [7, 11) is 0. The van der Waals surface area contributed by atoms with E-state index >= 15 is 0 Å². The second-order valence-corrected chi connectivity index (χ2v) is 3.04. The van der Waals surface area contributed by atoms with E-state index in [2.05, 4.69) is 11.2 Å². The maximum atomic E-state index is 11.8. The third-order valence-corrected chi connectivity index (χ3v) is 1.94. The monoisotopic (exact) mass is 218 g/mol. The molecule has 1 rings (SSSR count). The number of carbonyl (C=O) groups excluding carboxylic acids is 1. The summed E-state index contributed by atoms with van der Waals surface area (Å²) in [5.41, 5.74) is 6.44. The van der Waals surface area contributed by atoms with Gasteiger partial charge in [-0.1, -0.05) is 12.0 Å². The average molecular weight is 218 g/mol. The summed E-state index contributed by atoms with van der Waals surface area (Å²) < 4.78 is 5.33. The molecule has 0 unspecified atom stereocenters. The molecule has 84 valence electrons. The fraction of sp³-hybridized carbons (Fsp3) is 0.250. The lowest BCUT2D eigenvalue weighted by Crippen LogP contribution is -2.25. The molecule has 1 aromatic carbocycles. The molecule has 0 fully saturated rings. The summed E-state index contributed by atoms with van der Waals surface area (Å²) in [4.78, 5) is 11.8. The van der Waals surface area contributed by atoms with Gasteiger partial charge in [0.15, 0.2) is 0 Å². The van der Waals surface area contributed by atoms with Crippen LogP contribution < -0.4 is 15.8 Å². The van der Waals surface area contributed by atoms with Crippen molar-refractivity contribution in [2.24, 2.45) is 0 Å². The van der Waals surface area contributed by atoms with Crippen molar-refractivity contribution < 1.29 is 9.53 Å². The highest BCUT2D eigenvalue weighted by molar-refractivity contribution is 6.01. The summed E-state index contributed by atoms with van der Waals surface area (Å²) in [6.07, 6.45) is 5.06. The Balaban J connectivity index is 3.00. The van der Waals surface area contributed by atoms with Crippen LogP contribution in [-0.2, 0) is 0 Å². The number of ether oxygens (including phenoxy) is 1. The number of nitrogens with two attached hydrogens (primary N) is 1. The predicted molar refractivity (Wildman–Crippen MR) is 63.2 cm³/mol. The van der Waals surface area contributed by atoms with Crippen LogP contribution in [0.15, 0.2) is 18.2 Å². The van der Waals surface area contributed by atoms with Gasteiger partial charge in [0, 0.05) is 5.69 Å². The number of hydrogen-bond donors (Lipinski definition) is 2. The van der Waals surface area contributed by atoms with Crippen molar-refractivity contribution in [3.63, 3.8) is 0 Å². The molecule has 4 heteroatoms. The molecule has 1 amide bonds. The number of nitrogens with one attached hydrogen (secondary N) is 1. The Morgan fingerprint density at radius 1 is 1.62 bits per heavy atom. The van der Waals surface area contributed by atoms with Crippen LogP contribution in [0.1, 0.15) is 17.3 Å². The predicted octanol–water partition coefficient (Wildman–Crippen LogP) is 1.03. The molecular formula is C12H14N2O2. The van der Waals surface area contributed by atoms with Crippen LogP contribution in [0.25, 0.3) is 0 Å². The Morgan fingerprint density at radius 2 is 2.38 bits per heavy atom. The number of rotatable bonds is 4. The molecule has 4 nitrogen and oxygen atoms in total. The first-order valence-corrected chi connectivity index (χ1v) is 4.93. The lowest BCUT2D eigenvalue weighted by molar-refractivity contribution is 0.0956. The Kier molecular flexibility index (Phi) is 4.22. The molecule has 16 heavy (non-hydrogen) atoms. The van der Waals surface area contributed by atoms with E-state index in [1.807, 2.05) is 6.92 Å². The van der Waals surface area contributed by atoms with Crippen molar-refractivity contribution in [3.8, 4) is 18.1 Å². The standard InChI is InChI=1S/C12H14N2O2/c1-3-8-14-12(15)11-9(13)6-5-7-10(11)16-4-2/h1,5-7H,4,8,13H2,2H3,(H,14,15). The van der Waals surface area contributed by atoms with Crippen LogP contribution in [0.3, 0.4) is 0 Å². The van der Waals surface area contributed by atoms with Crippen molar-refractivity contribution in [2.45, 2.75) is 6.92 Å². The first-order valence-electron chi connectivity index (χ1n) is 4.93. The lowest BCUT2D eigenvalue weighted by atomic mass is 10.1. The second kappa shape index (κ2) is 5.66. The first-order chi connectivity index (χ1) is 7.70. The van der Waals surface area contributed by atoms with Gasteiger partial charge in [0.2, 0.25) is 0 Å². The Bertz CT molecular complexity index is 422. The molecule has 0 aliphatic heterocycles. The van der Waals surface area contributed by atoms with Crippen molar-refractivity contribution in [1.82, 2.24) is 5.32 Å². The molecule has 0 aliphatic rings. The Morgan fingerprint density at radius 3 is 3.00 bits per heavy atom. The van der Waals surface area contributed by atoms with Crippen molar-refractivity contribution in [3.05, 3.63) is 23.8 Å². The third kappa shape index (κ3) is 2.67. The van der Waals surface area contributed by atoms with Gasteiger partial charge < -0.3 is 15.8 Å². The molecule has 1 aromatic rings. The zero-order chi connectivity index (χ0) is 12.0.